The van der Waals surface area contributed by atoms with Gasteiger partial charge in [0, 0.05) is 18.3 Å². The Kier molecular flexibility index (Phi) is 9.27. The average molecular weight is 435 g/mol. The molecule has 0 radical (unpaired) electrons. The number of nitrogens with zero attached hydrogens (tertiary/aromatic N) is 2. The van der Waals surface area contributed by atoms with Crippen LogP contribution in [0.2, 0.25) is 0 Å². The van der Waals surface area contributed by atoms with Crippen LogP contribution in [0.15, 0.2) is 53.5 Å². The van der Waals surface area contributed by atoms with E-state index in [0.717, 1.165) is 29.7 Å². The van der Waals surface area contributed by atoms with Gasteiger partial charge < -0.3 is 10.1 Å². The molecular formula is C26H34N4O2. The number of methoxy groups -OCH3 is 1. The molecule has 0 spiro atoms. The molecule has 1 unspecified atom stereocenters. The third kappa shape index (κ3) is 8.07. The number of ether oxygens (including phenoxy) is 1. The maximum absolute atomic E-state index is 12.7. The van der Waals surface area contributed by atoms with Crippen molar-refractivity contribution in [2.24, 2.45) is 10.4 Å². The molecule has 2 rings (SSSR count). The molecule has 0 saturated carbocycles. The fourth-order valence-corrected chi connectivity index (χ4v) is 3.24. The molecule has 0 aliphatic rings. The van der Waals surface area contributed by atoms with Crippen molar-refractivity contribution in [1.82, 2.24) is 10.6 Å². The van der Waals surface area contributed by atoms with Crippen LogP contribution in [0.1, 0.15) is 50.3 Å². The Labute approximate surface area is 191 Å². The predicted octanol–water partition coefficient (Wildman–Crippen LogP) is 4.53. The van der Waals surface area contributed by atoms with E-state index in [1.807, 2.05) is 82.4 Å². The molecule has 0 aliphatic heterocycles. The average Bonchev–Trinajstić information content (AvgIpc) is 2.75. The Balaban J connectivity index is 2.03. The van der Waals surface area contributed by atoms with Crippen molar-refractivity contribution < 1.29 is 9.53 Å². The molecule has 0 heterocycles. The van der Waals surface area contributed by atoms with Gasteiger partial charge in [-0.2, -0.15) is 5.26 Å². The molecule has 6 heteroatoms. The first kappa shape index (κ1) is 24.9. The molecule has 0 aromatic heterocycles. The van der Waals surface area contributed by atoms with Crippen molar-refractivity contribution in [2.75, 3.05) is 7.11 Å². The maximum atomic E-state index is 12.7. The Bertz CT molecular complexity index is 953. The van der Waals surface area contributed by atoms with Crippen molar-refractivity contribution in [3.63, 3.8) is 0 Å². The number of nitriles is 1. The second kappa shape index (κ2) is 11.9. The number of carbonyl (C=O) groups excluding carboxylic acids is 1. The molecule has 1 amide bonds. The van der Waals surface area contributed by atoms with Crippen LogP contribution >= 0.6 is 0 Å². The van der Waals surface area contributed by atoms with Crippen LogP contribution in [0, 0.1) is 23.8 Å². The SMILES string of the molecule is COc1ccc(CCCC(=O)NC(/N=C(\Cc2ccccc2C)NC#N)C(C)(C)C)cc1. The normalized spacial score (nSPS) is 12.6. The lowest BCUT2D eigenvalue weighted by Crippen LogP contribution is -2.44. The summed E-state index contributed by atoms with van der Waals surface area (Å²) in [4.78, 5) is 17.4. The van der Waals surface area contributed by atoms with Crippen LogP contribution in [0.3, 0.4) is 0 Å². The number of rotatable bonds is 9. The minimum absolute atomic E-state index is 0.0469. The van der Waals surface area contributed by atoms with Gasteiger partial charge in [0.15, 0.2) is 6.19 Å². The molecule has 6 nitrogen and oxygen atoms in total. The lowest BCUT2D eigenvalue weighted by Gasteiger charge is -2.29. The van der Waals surface area contributed by atoms with Crippen LogP contribution in [-0.2, 0) is 17.6 Å². The zero-order chi connectivity index (χ0) is 23.6. The highest BCUT2D eigenvalue weighted by Gasteiger charge is 2.26. The summed E-state index contributed by atoms with van der Waals surface area (Å²) in [5, 5.41) is 15.0. The van der Waals surface area contributed by atoms with Gasteiger partial charge in [-0.3, -0.25) is 10.1 Å². The molecule has 0 saturated heterocycles. The summed E-state index contributed by atoms with van der Waals surface area (Å²) in [7, 11) is 1.64. The Morgan fingerprint density at radius 1 is 1.16 bits per heavy atom. The van der Waals surface area contributed by atoms with Crippen LogP contribution in [-0.4, -0.2) is 25.0 Å². The number of nitrogens with one attached hydrogen (secondary N) is 2. The minimum Gasteiger partial charge on any atom is -0.497 e. The van der Waals surface area contributed by atoms with Crippen LogP contribution in [0.25, 0.3) is 0 Å². The Morgan fingerprint density at radius 3 is 2.44 bits per heavy atom. The zero-order valence-electron chi connectivity index (χ0n) is 19.7. The van der Waals surface area contributed by atoms with Crippen molar-refractivity contribution in [2.45, 2.75) is 59.5 Å². The van der Waals surface area contributed by atoms with Gasteiger partial charge >= 0.3 is 0 Å². The summed E-state index contributed by atoms with van der Waals surface area (Å²) < 4.78 is 5.18. The first-order valence-electron chi connectivity index (χ1n) is 10.9. The van der Waals surface area contributed by atoms with Crippen molar-refractivity contribution in [3.8, 4) is 11.9 Å². The molecule has 2 N–H and O–H groups in total. The van der Waals surface area contributed by atoms with Crippen molar-refractivity contribution in [3.05, 3.63) is 65.2 Å². The number of carbonyl (C=O) groups is 1. The van der Waals surface area contributed by atoms with E-state index in [1.54, 1.807) is 7.11 Å². The van der Waals surface area contributed by atoms with Gasteiger partial charge in [-0.15, -0.1) is 0 Å². The quantitative estimate of drug-likeness (QED) is 0.263. The predicted molar refractivity (Wildman–Crippen MR) is 128 cm³/mol. The van der Waals surface area contributed by atoms with Crippen LogP contribution in [0.4, 0.5) is 0 Å². The number of aliphatic imine (C=N–C) groups is 1. The van der Waals surface area contributed by atoms with Gasteiger partial charge in [0.05, 0.1) is 7.11 Å². The third-order valence-electron chi connectivity index (χ3n) is 5.25. The topological polar surface area (TPSA) is 86.5 Å². The Hall–Kier alpha value is -3.33. The van der Waals surface area contributed by atoms with Crippen LogP contribution < -0.4 is 15.4 Å². The molecule has 0 bridgehead atoms. The van der Waals surface area contributed by atoms with Gasteiger partial charge in [0.2, 0.25) is 5.91 Å². The number of amides is 1. The molecule has 2 aromatic carbocycles. The summed E-state index contributed by atoms with van der Waals surface area (Å²) in [6, 6.07) is 15.9. The number of benzene rings is 2. The molecule has 0 aliphatic carbocycles. The lowest BCUT2D eigenvalue weighted by atomic mass is 9.92. The largest absolute Gasteiger partial charge is 0.497 e. The van der Waals surface area contributed by atoms with E-state index in [2.05, 4.69) is 10.6 Å². The molecule has 0 fully saturated rings. The van der Waals surface area contributed by atoms with Gasteiger partial charge in [0.1, 0.15) is 17.8 Å². The van der Waals surface area contributed by atoms with Gasteiger partial charge in [-0.25, -0.2) is 4.99 Å². The smallest absolute Gasteiger partial charge is 0.221 e. The van der Waals surface area contributed by atoms with E-state index in [0.29, 0.717) is 18.7 Å². The number of amidine groups is 1. The first-order chi connectivity index (χ1) is 15.2. The fourth-order valence-electron chi connectivity index (χ4n) is 3.24. The second-order valence-corrected chi connectivity index (χ2v) is 8.95. The summed E-state index contributed by atoms with van der Waals surface area (Å²) in [5.41, 5.74) is 3.09. The van der Waals surface area contributed by atoms with Gasteiger partial charge in [0.25, 0.3) is 0 Å². The van der Waals surface area contributed by atoms with Crippen molar-refractivity contribution >= 4 is 11.7 Å². The van der Waals surface area contributed by atoms with E-state index in [1.165, 1.54) is 5.56 Å². The first-order valence-corrected chi connectivity index (χ1v) is 10.9. The van der Waals surface area contributed by atoms with Crippen LogP contribution in [0.5, 0.6) is 5.75 Å². The van der Waals surface area contributed by atoms with E-state index >= 15 is 0 Å². The highest BCUT2D eigenvalue weighted by Crippen LogP contribution is 2.21. The molecule has 32 heavy (non-hydrogen) atoms. The zero-order valence-corrected chi connectivity index (χ0v) is 19.7. The number of aryl methyl sites for hydroxylation is 2. The molecular weight excluding hydrogens is 400 g/mol. The summed E-state index contributed by atoms with van der Waals surface area (Å²) in [5.74, 6) is 1.32. The monoisotopic (exact) mass is 434 g/mol. The number of hydrogen-bond donors (Lipinski definition) is 2. The summed E-state index contributed by atoms with van der Waals surface area (Å²) in [6.07, 6.45) is 3.99. The van der Waals surface area contributed by atoms with E-state index in [9.17, 15) is 10.1 Å². The minimum atomic E-state index is -0.448. The van der Waals surface area contributed by atoms with Crippen molar-refractivity contribution in [1.29, 1.82) is 5.26 Å². The Morgan fingerprint density at radius 2 is 1.84 bits per heavy atom. The maximum Gasteiger partial charge on any atom is 0.221 e. The summed E-state index contributed by atoms with van der Waals surface area (Å²) in [6.45, 7) is 8.11. The van der Waals surface area contributed by atoms with Gasteiger partial charge in [-0.1, -0.05) is 57.2 Å². The highest BCUT2D eigenvalue weighted by molar-refractivity contribution is 5.86. The van der Waals surface area contributed by atoms with E-state index < -0.39 is 6.17 Å². The fraction of sp³-hybridized carbons (Fsp3) is 0.423. The van der Waals surface area contributed by atoms with Gasteiger partial charge in [-0.05, 0) is 48.6 Å². The van der Waals surface area contributed by atoms with E-state index in [4.69, 9.17) is 9.73 Å². The lowest BCUT2D eigenvalue weighted by molar-refractivity contribution is -0.122. The highest BCUT2D eigenvalue weighted by atomic mass is 16.5. The molecule has 170 valence electrons. The summed E-state index contributed by atoms with van der Waals surface area (Å²) >= 11 is 0. The molecule has 1 atom stereocenters. The molecule has 2 aromatic rings. The van der Waals surface area contributed by atoms with E-state index in [-0.39, 0.29) is 11.3 Å². The number of hydrogen-bond acceptors (Lipinski definition) is 4. The second-order valence-electron chi connectivity index (χ2n) is 8.95. The third-order valence-corrected chi connectivity index (χ3v) is 5.25. The standard InChI is InChI=1S/C26H34N4O2/c1-19-9-6-7-11-21(19)17-23(28-18-27)29-25(26(2,3)4)30-24(31)12-8-10-20-13-15-22(32-5)16-14-20/h6-7,9,11,13-16,25H,8,10,12,17H2,1-5H3,(H,28,29)(H,30,31).